The van der Waals surface area contributed by atoms with Crippen LogP contribution in [0.5, 0.6) is 5.75 Å². The number of anilines is 1. The summed E-state index contributed by atoms with van der Waals surface area (Å²) in [7, 11) is 0. The molecule has 1 aliphatic rings. The predicted octanol–water partition coefficient (Wildman–Crippen LogP) is 2.16. The molecule has 0 aliphatic heterocycles. The van der Waals surface area contributed by atoms with E-state index in [4.69, 9.17) is 5.73 Å². The molecule has 0 bridgehead atoms. The van der Waals surface area contributed by atoms with Gasteiger partial charge in [0.25, 0.3) is 0 Å². The number of aromatic hydroxyl groups is 1. The Bertz CT molecular complexity index is 437. The highest BCUT2D eigenvalue weighted by atomic mass is 16.3. The first kappa shape index (κ1) is 12.9. The van der Waals surface area contributed by atoms with Crippen LogP contribution in [0, 0.1) is 12.8 Å². The van der Waals surface area contributed by atoms with E-state index in [0.717, 1.165) is 31.2 Å². The second kappa shape index (κ2) is 5.40. The lowest BCUT2D eigenvalue weighted by Crippen LogP contribution is -2.32. The molecule has 2 rings (SSSR count). The van der Waals surface area contributed by atoms with Crippen LogP contribution in [0.25, 0.3) is 0 Å². The van der Waals surface area contributed by atoms with Crippen LogP contribution in [0.1, 0.15) is 31.2 Å². The SMILES string of the molecule is Cc1ccc(NC(=O)C2CCC(N)CC2)cc1O. The minimum Gasteiger partial charge on any atom is -0.508 e. The fraction of sp³-hybridized carbons (Fsp3) is 0.500. The van der Waals surface area contributed by atoms with Crippen molar-refractivity contribution in [1.82, 2.24) is 0 Å². The van der Waals surface area contributed by atoms with Gasteiger partial charge in [-0.05, 0) is 44.2 Å². The molecule has 4 N–H and O–H groups in total. The molecule has 1 aliphatic carbocycles. The second-order valence-corrected chi connectivity index (χ2v) is 5.10. The zero-order chi connectivity index (χ0) is 13.1. The number of rotatable bonds is 2. The number of phenols is 1. The first-order chi connectivity index (χ1) is 8.56. The van der Waals surface area contributed by atoms with Crippen molar-refractivity contribution in [3.05, 3.63) is 23.8 Å². The monoisotopic (exact) mass is 248 g/mol. The Balaban J connectivity index is 1.96. The van der Waals surface area contributed by atoms with Crippen LogP contribution in [-0.4, -0.2) is 17.1 Å². The van der Waals surface area contributed by atoms with Crippen molar-refractivity contribution in [2.45, 2.75) is 38.6 Å². The van der Waals surface area contributed by atoms with Gasteiger partial charge in [0, 0.05) is 23.7 Å². The molecule has 1 saturated carbocycles. The van der Waals surface area contributed by atoms with Crippen molar-refractivity contribution in [3.63, 3.8) is 0 Å². The van der Waals surface area contributed by atoms with Gasteiger partial charge >= 0.3 is 0 Å². The van der Waals surface area contributed by atoms with E-state index in [1.807, 2.05) is 13.0 Å². The molecule has 1 aromatic carbocycles. The number of benzene rings is 1. The number of nitrogens with one attached hydrogen (secondary N) is 1. The van der Waals surface area contributed by atoms with Gasteiger partial charge in [-0.25, -0.2) is 0 Å². The number of amides is 1. The lowest BCUT2D eigenvalue weighted by atomic mass is 9.86. The van der Waals surface area contributed by atoms with Crippen LogP contribution < -0.4 is 11.1 Å². The molecule has 4 heteroatoms. The van der Waals surface area contributed by atoms with Crippen molar-refractivity contribution < 1.29 is 9.90 Å². The number of carbonyl (C=O) groups excluding carboxylic acids is 1. The van der Waals surface area contributed by atoms with E-state index < -0.39 is 0 Å². The molecular formula is C14H20N2O2. The molecule has 18 heavy (non-hydrogen) atoms. The van der Waals surface area contributed by atoms with Crippen LogP contribution in [0.4, 0.5) is 5.69 Å². The van der Waals surface area contributed by atoms with Gasteiger partial charge in [0.05, 0.1) is 0 Å². The molecule has 1 amide bonds. The first-order valence-electron chi connectivity index (χ1n) is 6.42. The molecule has 98 valence electrons. The summed E-state index contributed by atoms with van der Waals surface area (Å²) in [4.78, 5) is 12.0. The third kappa shape index (κ3) is 3.01. The van der Waals surface area contributed by atoms with Gasteiger partial charge < -0.3 is 16.2 Å². The second-order valence-electron chi connectivity index (χ2n) is 5.10. The van der Waals surface area contributed by atoms with Gasteiger partial charge in [0.2, 0.25) is 5.91 Å². The zero-order valence-corrected chi connectivity index (χ0v) is 10.6. The van der Waals surface area contributed by atoms with Gasteiger partial charge in [0.15, 0.2) is 0 Å². The van der Waals surface area contributed by atoms with Crippen molar-refractivity contribution in [2.24, 2.45) is 11.7 Å². The zero-order valence-electron chi connectivity index (χ0n) is 10.6. The molecule has 1 fully saturated rings. The molecule has 0 saturated heterocycles. The lowest BCUT2D eigenvalue weighted by molar-refractivity contribution is -0.120. The molecule has 0 unspecified atom stereocenters. The Morgan fingerprint density at radius 3 is 2.61 bits per heavy atom. The summed E-state index contributed by atoms with van der Waals surface area (Å²) in [6.45, 7) is 1.82. The topological polar surface area (TPSA) is 75.4 Å². The number of carbonyl (C=O) groups is 1. The maximum atomic E-state index is 12.0. The average Bonchev–Trinajstić information content (AvgIpc) is 2.34. The summed E-state index contributed by atoms with van der Waals surface area (Å²) >= 11 is 0. The van der Waals surface area contributed by atoms with Crippen LogP contribution in [-0.2, 0) is 4.79 Å². The summed E-state index contributed by atoms with van der Waals surface area (Å²) in [6.07, 6.45) is 3.53. The Labute approximate surface area is 107 Å². The van der Waals surface area contributed by atoms with Crippen LogP contribution in [0.15, 0.2) is 18.2 Å². The Morgan fingerprint density at radius 1 is 1.33 bits per heavy atom. The molecule has 0 spiro atoms. The lowest BCUT2D eigenvalue weighted by Gasteiger charge is -2.25. The average molecular weight is 248 g/mol. The van der Waals surface area contributed by atoms with Crippen molar-refractivity contribution in [1.29, 1.82) is 0 Å². The van der Waals surface area contributed by atoms with Crippen molar-refractivity contribution in [2.75, 3.05) is 5.32 Å². The minimum atomic E-state index is 0.0325. The number of phenolic OH excluding ortho intramolecular Hbond substituents is 1. The summed E-state index contributed by atoms with van der Waals surface area (Å²) in [5.41, 5.74) is 7.27. The van der Waals surface area contributed by atoms with Crippen LogP contribution in [0.2, 0.25) is 0 Å². The third-order valence-electron chi connectivity index (χ3n) is 3.62. The Hall–Kier alpha value is -1.55. The van der Waals surface area contributed by atoms with Crippen molar-refractivity contribution in [3.8, 4) is 5.75 Å². The van der Waals surface area contributed by atoms with E-state index in [2.05, 4.69) is 5.32 Å². The summed E-state index contributed by atoms with van der Waals surface area (Å²) in [6, 6.07) is 5.43. The van der Waals surface area contributed by atoms with Gasteiger partial charge in [-0.3, -0.25) is 4.79 Å². The van der Waals surface area contributed by atoms with E-state index >= 15 is 0 Å². The number of hydrogen-bond donors (Lipinski definition) is 3. The van der Waals surface area contributed by atoms with E-state index in [9.17, 15) is 9.90 Å². The first-order valence-corrected chi connectivity index (χ1v) is 6.42. The number of hydrogen-bond acceptors (Lipinski definition) is 3. The van der Waals surface area contributed by atoms with Gasteiger partial charge in [-0.2, -0.15) is 0 Å². The maximum absolute atomic E-state index is 12.0. The molecule has 0 radical (unpaired) electrons. The minimum absolute atomic E-state index is 0.0325. The van der Waals surface area contributed by atoms with Crippen LogP contribution in [0.3, 0.4) is 0 Å². The highest BCUT2D eigenvalue weighted by Crippen LogP contribution is 2.26. The van der Waals surface area contributed by atoms with Crippen molar-refractivity contribution >= 4 is 11.6 Å². The fourth-order valence-electron chi connectivity index (χ4n) is 2.31. The Kier molecular flexibility index (Phi) is 3.87. The van der Waals surface area contributed by atoms with E-state index in [1.54, 1.807) is 12.1 Å². The van der Waals surface area contributed by atoms with Crippen LogP contribution >= 0.6 is 0 Å². The predicted molar refractivity (Wildman–Crippen MR) is 71.4 cm³/mol. The number of nitrogens with two attached hydrogens (primary N) is 1. The normalized spacial score (nSPS) is 23.7. The molecular weight excluding hydrogens is 228 g/mol. The third-order valence-corrected chi connectivity index (χ3v) is 3.62. The van der Waals surface area contributed by atoms with E-state index in [1.165, 1.54) is 0 Å². The molecule has 1 aromatic rings. The fourth-order valence-corrected chi connectivity index (χ4v) is 2.31. The van der Waals surface area contributed by atoms with E-state index in [0.29, 0.717) is 5.69 Å². The van der Waals surface area contributed by atoms with Gasteiger partial charge in [0.1, 0.15) is 5.75 Å². The molecule has 0 aromatic heterocycles. The smallest absolute Gasteiger partial charge is 0.227 e. The molecule has 0 heterocycles. The van der Waals surface area contributed by atoms with Gasteiger partial charge in [-0.1, -0.05) is 6.07 Å². The number of aryl methyl sites for hydroxylation is 1. The highest BCUT2D eigenvalue weighted by Gasteiger charge is 2.24. The maximum Gasteiger partial charge on any atom is 0.227 e. The summed E-state index contributed by atoms with van der Waals surface area (Å²) < 4.78 is 0. The largest absolute Gasteiger partial charge is 0.508 e. The summed E-state index contributed by atoms with van der Waals surface area (Å²) in [5, 5.41) is 12.4. The van der Waals surface area contributed by atoms with Gasteiger partial charge in [-0.15, -0.1) is 0 Å². The molecule has 0 atom stereocenters. The standard InChI is InChI=1S/C14H20N2O2/c1-9-2-7-12(8-13(9)17)16-14(18)10-3-5-11(15)6-4-10/h2,7-8,10-11,17H,3-6,15H2,1H3,(H,16,18). The summed E-state index contributed by atoms with van der Waals surface area (Å²) in [5.74, 6) is 0.289. The highest BCUT2D eigenvalue weighted by molar-refractivity contribution is 5.92. The quantitative estimate of drug-likeness (QED) is 0.750. The van der Waals surface area contributed by atoms with E-state index in [-0.39, 0.29) is 23.6 Å². The Morgan fingerprint density at radius 2 is 2.00 bits per heavy atom. The molecule has 4 nitrogen and oxygen atoms in total.